The first-order valence-corrected chi connectivity index (χ1v) is 10.1. The van der Waals surface area contributed by atoms with Crippen LogP contribution in [0.25, 0.3) is 5.57 Å². The number of likely N-dealkylation sites (tertiary alicyclic amines) is 1. The van der Waals surface area contributed by atoms with Gasteiger partial charge in [-0.2, -0.15) is 13.2 Å². The lowest BCUT2D eigenvalue weighted by Crippen LogP contribution is -2.50. The van der Waals surface area contributed by atoms with Gasteiger partial charge in [-0.05, 0) is 54.7 Å². The molecular weight excluding hydrogens is 409 g/mol. The molecule has 0 radical (unpaired) electrons. The number of alkyl halides is 3. The quantitative estimate of drug-likeness (QED) is 0.733. The van der Waals surface area contributed by atoms with Crippen LogP contribution in [0.2, 0.25) is 0 Å². The lowest BCUT2D eigenvalue weighted by Gasteiger charge is -2.38. The average molecular weight is 432 g/mol. The fraction of sp³-hybridized carbons (Fsp3) is 0.391. The number of aromatic nitrogens is 1. The molecule has 1 aliphatic carbocycles. The minimum atomic E-state index is -4.45. The molecule has 1 aromatic carbocycles. The monoisotopic (exact) mass is 432 g/mol. The van der Waals surface area contributed by atoms with Crippen molar-refractivity contribution in [1.29, 1.82) is 0 Å². The van der Waals surface area contributed by atoms with E-state index in [-0.39, 0.29) is 12.5 Å². The lowest BCUT2D eigenvalue weighted by molar-refractivity contribution is -0.147. The molecule has 1 saturated heterocycles. The normalized spacial score (nSPS) is 17.3. The summed E-state index contributed by atoms with van der Waals surface area (Å²) < 4.78 is 43.6. The molecule has 31 heavy (non-hydrogen) atoms. The largest absolute Gasteiger partial charge is 0.489 e. The van der Waals surface area contributed by atoms with E-state index < -0.39 is 17.8 Å². The van der Waals surface area contributed by atoms with Crippen LogP contribution < -0.4 is 4.74 Å². The Bertz CT molecular complexity index is 1010. The molecule has 1 N–H and O–H groups in total. The number of rotatable bonds is 6. The van der Waals surface area contributed by atoms with E-state index in [1.807, 2.05) is 18.2 Å². The third-order valence-electron chi connectivity index (χ3n) is 5.95. The van der Waals surface area contributed by atoms with Gasteiger partial charge in [0, 0.05) is 31.4 Å². The van der Waals surface area contributed by atoms with Gasteiger partial charge >= 0.3 is 12.1 Å². The lowest BCUT2D eigenvalue weighted by atomic mass is 9.85. The maximum absolute atomic E-state index is 12.6. The first kappa shape index (κ1) is 21.4. The van der Waals surface area contributed by atoms with Gasteiger partial charge in [0.1, 0.15) is 18.1 Å². The van der Waals surface area contributed by atoms with Crippen LogP contribution in [0.1, 0.15) is 35.7 Å². The molecule has 0 amide bonds. The van der Waals surface area contributed by atoms with Gasteiger partial charge in [0.2, 0.25) is 0 Å². The van der Waals surface area contributed by atoms with Crippen LogP contribution in [0.15, 0.2) is 42.1 Å². The highest BCUT2D eigenvalue weighted by Crippen LogP contribution is 2.35. The van der Waals surface area contributed by atoms with E-state index in [4.69, 9.17) is 9.84 Å². The summed E-state index contributed by atoms with van der Waals surface area (Å²) in [6.07, 6.45) is -1.47. The molecule has 0 saturated carbocycles. The summed E-state index contributed by atoms with van der Waals surface area (Å²) in [5.74, 6) is -0.311. The van der Waals surface area contributed by atoms with Gasteiger partial charge in [-0.3, -0.25) is 14.7 Å². The zero-order chi connectivity index (χ0) is 22.2. The number of hydrogen-bond donors (Lipinski definition) is 1. The van der Waals surface area contributed by atoms with E-state index in [2.05, 4.69) is 16.8 Å². The molecule has 0 atom stereocenters. The number of carbonyl (C=O) groups is 1. The van der Waals surface area contributed by atoms with Crippen molar-refractivity contribution in [2.24, 2.45) is 5.92 Å². The highest BCUT2D eigenvalue weighted by Gasteiger charge is 2.33. The fourth-order valence-electron chi connectivity index (χ4n) is 4.06. The van der Waals surface area contributed by atoms with Gasteiger partial charge in [0.15, 0.2) is 0 Å². The predicted octanol–water partition coefficient (Wildman–Crippen LogP) is 4.42. The molecule has 2 aromatic rings. The third-order valence-corrected chi connectivity index (χ3v) is 5.95. The summed E-state index contributed by atoms with van der Waals surface area (Å²) in [6.45, 7) is 4.24. The molecular formula is C23H23F3N2O3. The van der Waals surface area contributed by atoms with Crippen molar-refractivity contribution in [2.45, 2.75) is 32.5 Å². The summed E-state index contributed by atoms with van der Waals surface area (Å²) in [4.78, 5) is 16.6. The summed E-state index contributed by atoms with van der Waals surface area (Å²) in [5.41, 5.74) is 4.55. The van der Waals surface area contributed by atoms with Gasteiger partial charge in [-0.25, -0.2) is 0 Å². The molecule has 8 heteroatoms. The summed E-state index contributed by atoms with van der Waals surface area (Å²) in [5, 5.41) is 9.03. The minimum absolute atomic E-state index is 0.143. The Labute approximate surface area is 178 Å². The number of carboxylic acids is 1. The Balaban J connectivity index is 1.38. The zero-order valence-electron chi connectivity index (χ0n) is 17.1. The number of halogens is 3. The molecule has 0 bridgehead atoms. The minimum Gasteiger partial charge on any atom is -0.489 e. The second-order valence-electron chi connectivity index (χ2n) is 8.11. The van der Waals surface area contributed by atoms with Crippen LogP contribution in [-0.4, -0.2) is 40.6 Å². The van der Waals surface area contributed by atoms with Crippen molar-refractivity contribution in [1.82, 2.24) is 9.88 Å². The van der Waals surface area contributed by atoms with E-state index in [1.165, 1.54) is 34.5 Å². The number of allylic oxidation sites excluding steroid dienone is 1. The maximum Gasteiger partial charge on any atom is 0.433 e. The van der Waals surface area contributed by atoms with Crippen LogP contribution in [0.5, 0.6) is 5.75 Å². The van der Waals surface area contributed by atoms with E-state index >= 15 is 0 Å². The highest BCUT2D eigenvalue weighted by molar-refractivity contribution is 5.73. The first-order chi connectivity index (χ1) is 14.7. The second kappa shape index (κ2) is 8.34. The van der Waals surface area contributed by atoms with Crippen LogP contribution in [-0.2, 0) is 24.0 Å². The number of ether oxygens (including phenoxy) is 1. The van der Waals surface area contributed by atoms with E-state index in [9.17, 15) is 18.0 Å². The van der Waals surface area contributed by atoms with E-state index in [1.54, 1.807) is 0 Å². The molecule has 5 nitrogen and oxygen atoms in total. The van der Waals surface area contributed by atoms with Crippen LogP contribution in [0, 0.1) is 5.92 Å². The Kier molecular flexibility index (Phi) is 5.75. The second-order valence-corrected chi connectivity index (χ2v) is 8.11. The molecule has 1 fully saturated rings. The van der Waals surface area contributed by atoms with Crippen molar-refractivity contribution in [2.75, 3.05) is 19.6 Å². The molecule has 0 unspecified atom stereocenters. The van der Waals surface area contributed by atoms with E-state index in [0.717, 1.165) is 25.5 Å². The summed E-state index contributed by atoms with van der Waals surface area (Å²) >= 11 is 0. The van der Waals surface area contributed by atoms with Crippen LogP contribution in [0.4, 0.5) is 13.2 Å². The number of carboxylic acid groups (broad SMARTS) is 1. The zero-order valence-corrected chi connectivity index (χ0v) is 17.1. The number of nitrogens with zero attached hydrogens (tertiary/aromatic N) is 2. The molecule has 164 valence electrons. The molecule has 2 heterocycles. The SMILES string of the molecule is CC1=C(CN2CC(C(=O)O)C2)CCc2cc(OCc3ccc(C(F)(F)F)nc3)ccc21. The first-order valence-electron chi connectivity index (χ1n) is 10.1. The molecule has 0 spiro atoms. The standard InChI is InChI=1S/C23H23F3N2O3/c1-14-17(10-28-11-18(12-28)22(29)30)4-3-16-8-19(5-6-20(14)16)31-13-15-2-7-21(27-9-15)23(24,25)26/h2,5-9,18H,3-4,10-13H2,1H3,(H,29,30). The molecule has 4 rings (SSSR count). The fourth-order valence-corrected chi connectivity index (χ4v) is 4.06. The Morgan fingerprint density at radius 3 is 2.65 bits per heavy atom. The predicted molar refractivity (Wildman–Crippen MR) is 108 cm³/mol. The number of fused-ring (bicyclic) bond motifs is 1. The van der Waals surface area contributed by atoms with Crippen LogP contribution >= 0.6 is 0 Å². The van der Waals surface area contributed by atoms with Gasteiger partial charge in [-0.15, -0.1) is 0 Å². The molecule has 2 aliphatic rings. The summed E-state index contributed by atoms with van der Waals surface area (Å²) in [7, 11) is 0. The van der Waals surface area contributed by atoms with Crippen molar-refractivity contribution in [3.63, 3.8) is 0 Å². The molecule has 1 aliphatic heterocycles. The van der Waals surface area contributed by atoms with Crippen LogP contribution in [0.3, 0.4) is 0 Å². The van der Waals surface area contributed by atoms with Gasteiger partial charge in [0.05, 0.1) is 5.92 Å². The number of aryl methyl sites for hydroxylation is 1. The molecule has 1 aromatic heterocycles. The number of pyridine rings is 1. The Hall–Kier alpha value is -2.87. The Morgan fingerprint density at radius 2 is 2.00 bits per heavy atom. The van der Waals surface area contributed by atoms with Gasteiger partial charge in [-0.1, -0.05) is 17.7 Å². The Morgan fingerprint density at radius 1 is 1.23 bits per heavy atom. The van der Waals surface area contributed by atoms with Crippen molar-refractivity contribution in [3.8, 4) is 5.75 Å². The van der Waals surface area contributed by atoms with Crippen molar-refractivity contribution in [3.05, 3.63) is 64.5 Å². The van der Waals surface area contributed by atoms with Crippen molar-refractivity contribution >= 4 is 11.5 Å². The number of hydrogen-bond acceptors (Lipinski definition) is 4. The van der Waals surface area contributed by atoms with Crippen molar-refractivity contribution < 1.29 is 27.8 Å². The van der Waals surface area contributed by atoms with Gasteiger partial charge < -0.3 is 9.84 Å². The summed E-state index contributed by atoms with van der Waals surface area (Å²) in [6, 6.07) is 8.19. The number of benzene rings is 1. The van der Waals surface area contributed by atoms with E-state index in [0.29, 0.717) is 24.4 Å². The third kappa shape index (κ3) is 4.74. The number of aliphatic carboxylic acids is 1. The smallest absolute Gasteiger partial charge is 0.433 e. The highest BCUT2D eigenvalue weighted by atomic mass is 19.4. The topological polar surface area (TPSA) is 62.7 Å². The van der Waals surface area contributed by atoms with Gasteiger partial charge in [0.25, 0.3) is 0 Å². The average Bonchev–Trinajstić information content (AvgIpc) is 2.69. The maximum atomic E-state index is 12.6.